The number of carbonyl (C=O) groups excluding carboxylic acids is 1. The Kier molecular flexibility index (Phi) is 3.14. The predicted molar refractivity (Wildman–Crippen MR) is 61.3 cm³/mol. The van der Waals surface area contributed by atoms with E-state index in [0.717, 1.165) is 0 Å². The first kappa shape index (κ1) is 12.3. The highest BCUT2D eigenvalue weighted by molar-refractivity contribution is 6.10. The van der Waals surface area contributed by atoms with Gasteiger partial charge in [0.1, 0.15) is 0 Å². The molecule has 2 aromatic rings. The molecule has 0 atom stereocenters. The van der Waals surface area contributed by atoms with Crippen molar-refractivity contribution in [1.29, 1.82) is 0 Å². The molecule has 0 saturated heterocycles. The quantitative estimate of drug-likeness (QED) is 0.606. The van der Waals surface area contributed by atoms with Crippen LogP contribution in [0.5, 0.6) is 0 Å². The molecule has 5 heteroatoms. The minimum atomic E-state index is -0.641. The highest BCUT2D eigenvalue weighted by Gasteiger charge is 2.16. The molecule has 2 aromatic heterocycles. The van der Waals surface area contributed by atoms with Crippen LogP contribution in [0, 0.1) is 25.7 Å². The molecule has 0 amide bonds. The highest BCUT2D eigenvalue weighted by atomic mass is 19.1. The number of aryl methyl sites for hydroxylation is 2. The van der Waals surface area contributed by atoms with Gasteiger partial charge in [-0.15, -0.1) is 0 Å². The van der Waals surface area contributed by atoms with Gasteiger partial charge in [0.25, 0.3) is 0 Å². The van der Waals surface area contributed by atoms with E-state index in [0.29, 0.717) is 11.1 Å². The number of halogens is 2. The Morgan fingerprint density at radius 3 is 1.67 bits per heavy atom. The Morgan fingerprint density at radius 1 is 0.944 bits per heavy atom. The lowest BCUT2D eigenvalue weighted by Gasteiger charge is -2.06. The zero-order valence-electron chi connectivity index (χ0n) is 9.87. The van der Waals surface area contributed by atoms with Crippen LogP contribution in [0.15, 0.2) is 24.5 Å². The van der Waals surface area contributed by atoms with Gasteiger partial charge < -0.3 is 0 Å². The number of rotatable bonds is 2. The lowest BCUT2D eigenvalue weighted by atomic mass is 9.99. The van der Waals surface area contributed by atoms with Crippen molar-refractivity contribution in [3.63, 3.8) is 0 Å². The summed E-state index contributed by atoms with van der Waals surface area (Å²) in [6.07, 6.45) is 2.35. The SMILES string of the molecule is Cc1cc(F)ncc1C(=O)c1cnc(F)cc1C. The number of aromatic nitrogens is 2. The van der Waals surface area contributed by atoms with Crippen molar-refractivity contribution in [1.82, 2.24) is 9.97 Å². The van der Waals surface area contributed by atoms with Gasteiger partial charge in [0.2, 0.25) is 11.9 Å². The topological polar surface area (TPSA) is 42.9 Å². The molecule has 0 bridgehead atoms. The zero-order valence-corrected chi connectivity index (χ0v) is 9.87. The summed E-state index contributed by atoms with van der Waals surface area (Å²) in [4.78, 5) is 19.1. The average Bonchev–Trinajstić information content (AvgIpc) is 2.28. The smallest absolute Gasteiger partial charge is 0.213 e. The normalized spacial score (nSPS) is 10.4. The molecule has 0 aromatic carbocycles. The van der Waals surface area contributed by atoms with E-state index in [4.69, 9.17) is 0 Å². The third-order valence-corrected chi connectivity index (χ3v) is 2.64. The molecule has 2 heterocycles. The van der Waals surface area contributed by atoms with Crippen LogP contribution in [-0.2, 0) is 0 Å². The van der Waals surface area contributed by atoms with Crippen LogP contribution in [-0.4, -0.2) is 15.8 Å². The second kappa shape index (κ2) is 4.60. The molecule has 2 rings (SSSR count). The molecule has 0 aliphatic carbocycles. The van der Waals surface area contributed by atoms with Gasteiger partial charge in [-0.25, -0.2) is 9.97 Å². The number of carbonyl (C=O) groups is 1. The van der Waals surface area contributed by atoms with Gasteiger partial charge in [-0.2, -0.15) is 8.78 Å². The van der Waals surface area contributed by atoms with E-state index < -0.39 is 11.9 Å². The molecular weight excluding hydrogens is 238 g/mol. The van der Waals surface area contributed by atoms with Crippen molar-refractivity contribution in [2.45, 2.75) is 13.8 Å². The van der Waals surface area contributed by atoms with Gasteiger partial charge in [-0.1, -0.05) is 0 Å². The molecule has 92 valence electrons. The zero-order chi connectivity index (χ0) is 13.3. The van der Waals surface area contributed by atoms with Crippen LogP contribution < -0.4 is 0 Å². The first-order valence-corrected chi connectivity index (χ1v) is 5.28. The van der Waals surface area contributed by atoms with E-state index in [9.17, 15) is 13.6 Å². The standard InChI is InChI=1S/C13H10F2N2O/c1-7-3-11(14)16-5-9(7)13(18)10-6-17-12(15)4-8(10)2/h3-6H,1-2H3. The summed E-state index contributed by atoms with van der Waals surface area (Å²) in [5, 5.41) is 0. The Labute approximate surface area is 103 Å². The number of ketones is 1. The maximum absolute atomic E-state index is 12.9. The fourth-order valence-electron chi connectivity index (χ4n) is 1.66. The molecule has 0 aliphatic heterocycles. The molecule has 0 radical (unpaired) electrons. The molecule has 3 nitrogen and oxygen atoms in total. The second-order valence-electron chi connectivity index (χ2n) is 3.97. The molecular formula is C13H10F2N2O. The van der Waals surface area contributed by atoms with E-state index in [2.05, 4.69) is 9.97 Å². The van der Waals surface area contributed by atoms with Gasteiger partial charge in [-0.05, 0) is 37.1 Å². The molecule has 0 N–H and O–H groups in total. The van der Waals surface area contributed by atoms with Crippen molar-refractivity contribution in [3.8, 4) is 0 Å². The molecule has 0 unspecified atom stereocenters. The maximum atomic E-state index is 12.9. The highest BCUT2D eigenvalue weighted by Crippen LogP contribution is 2.16. The molecule has 0 saturated carbocycles. The van der Waals surface area contributed by atoms with Crippen molar-refractivity contribution in [2.24, 2.45) is 0 Å². The van der Waals surface area contributed by atoms with Crippen molar-refractivity contribution < 1.29 is 13.6 Å². The number of pyridine rings is 2. The fraction of sp³-hybridized carbons (Fsp3) is 0.154. The van der Waals surface area contributed by atoms with Gasteiger partial charge >= 0.3 is 0 Å². The monoisotopic (exact) mass is 248 g/mol. The lowest BCUT2D eigenvalue weighted by Crippen LogP contribution is -2.08. The van der Waals surface area contributed by atoms with E-state index in [1.807, 2.05) is 0 Å². The molecule has 0 spiro atoms. The van der Waals surface area contributed by atoms with Crippen LogP contribution in [0.2, 0.25) is 0 Å². The third kappa shape index (κ3) is 2.25. The van der Waals surface area contributed by atoms with Gasteiger partial charge in [0, 0.05) is 23.5 Å². The summed E-state index contributed by atoms with van der Waals surface area (Å²) >= 11 is 0. The summed E-state index contributed by atoms with van der Waals surface area (Å²) in [6.45, 7) is 3.23. The van der Waals surface area contributed by atoms with Crippen molar-refractivity contribution in [3.05, 3.63) is 58.7 Å². The lowest BCUT2D eigenvalue weighted by molar-refractivity contribution is 0.103. The fourth-order valence-corrected chi connectivity index (χ4v) is 1.66. The number of nitrogens with zero attached hydrogens (tertiary/aromatic N) is 2. The van der Waals surface area contributed by atoms with Gasteiger partial charge in [0.15, 0.2) is 5.78 Å². The minimum Gasteiger partial charge on any atom is -0.288 e. The van der Waals surface area contributed by atoms with E-state index in [1.54, 1.807) is 13.8 Å². The first-order valence-electron chi connectivity index (χ1n) is 5.28. The molecule has 18 heavy (non-hydrogen) atoms. The van der Waals surface area contributed by atoms with Gasteiger partial charge in [-0.3, -0.25) is 4.79 Å². The predicted octanol–water partition coefficient (Wildman–Crippen LogP) is 2.60. The molecule has 0 aliphatic rings. The minimum absolute atomic E-state index is 0.285. The Hall–Kier alpha value is -2.17. The van der Waals surface area contributed by atoms with Gasteiger partial charge in [0.05, 0.1) is 0 Å². The van der Waals surface area contributed by atoms with Crippen molar-refractivity contribution in [2.75, 3.05) is 0 Å². The number of hydrogen-bond donors (Lipinski definition) is 0. The number of hydrogen-bond acceptors (Lipinski definition) is 3. The summed E-state index contributed by atoms with van der Waals surface area (Å²) in [6, 6.07) is 2.36. The average molecular weight is 248 g/mol. The van der Waals surface area contributed by atoms with E-state index >= 15 is 0 Å². The first-order chi connectivity index (χ1) is 8.49. The maximum Gasteiger partial charge on any atom is 0.213 e. The summed E-state index contributed by atoms with van der Waals surface area (Å²) in [7, 11) is 0. The largest absolute Gasteiger partial charge is 0.288 e. The van der Waals surface area contributed by atoms with Crippen LogP contribution in [0.1, 0.15) is 27.0 Å². The van der Waals surface area contributed by atoms with Crippen LogP contribution in [0.3, 0.4) is 0 Å². The third-order valence-electron chi connectivity index (χ3n) is 2.64. The van der Waals surface area contributed by atoms with Crippen LogP contribution >= 0.6 is 0 Å². The van der Waals surface area contributed by atoms with Crippen molar-refractivity contribution >= 4 is 5.78 Å². The Bertz CT molecular complexity index is 573. The Morgan fingerprint density at radius 2 is 1.33 bits per heavy atom. The van der Waals surface area contributed by atoms with Crippen LogP contribution in [0.4, 0.5) is 8.78 Å². The van der Waals surface area contributed by atoms with Crippen LogP contribution in [0.25, 0.3) is 0 Å². The molecule has 0 fully saturated rings. The van der Waals surface area contributed by atoms with E-state index in [-0.39, 0.29) is 16.9 Å². The van der Waals surface area contributed by atoms with E-state index in [1.165, 1.54) is 24.5 Å². The summed E-state index contributed by atoms with van der Waals surface area (Å²) < 4.78 is 25.7. The Balaban J connectivity index is 2.48. The summed E-state index contributed by atoms with van der Waals surface area (Å²) in [5.74, 6) is -1.62. The second-order valence-corrected chi connectivity index (χ2v) is 3.97. The summed E-state index contributed by atoms with van der Waals surface area (Å²) in [5.41, 5.74) is 1.54.